The molecule has 1 N–H and O–H groups in total. The second-order valence-corrected chi connectivity index (χ2v) is 9.67. The first-order chi connectivity index (χ1) is 17.7. The van der Waals surface area contributed by atoms with Crippen molar-refractivity contribution >= 4 is 5.82 Å². The average Bonchev–Trinajstić information content (AvgIpc) is 3.27. The number of aromatic nitrogens is 2. The molecule has 0 unspecified atom stereocenters. The van der Waals surface area contributed by atoms with Crippen LogP contribution in [-0.2, 0) is 36.8 Å². The van der Waals surface area contributed by atoms with Crippen LogP contribution < -0.4 is 10.1 Å². The molecule has 0 spiro atoms. The molecule has 0 fully saturated rings. The number of anilines is 1. The maximum Gasteiger partial charge on any atom is 0.148 e. The Bertz CT molecular complexity index is 1230. The molecular weight excluding hydrogens is 453 g/mol. The van der Waals surface area contributed by atoms with E-state index in [-0.39, 0.29) is 18.8 Å². The molecule has 2 aliphatic rings. The van der Waals surface area contributed by atoms with Crippen molar-refractivity contribution in [3.8, 4) is 17.0 Å². The number of nitrogens with zero attached hydrogens (tertiary/aromatic N) is 2. The monoisotopic (exact) mass is 489 g/mol. The molecule has 1 aromatic heterocycles. The van der Waals surface area contributed by atoms with E-state index >= 15 is 0 Å². The van der Waals surface area contributed by atoms with E-state index in [0.717, 1.165) is 66.3 Å². The Hall–Kier alpha value is -2.99. The van der Waals surface area contributed by atoms with E-state index < -0.39 is 6.67 Å². The molecular formula is C30H36FN3O2. The lowest BCUT2D eigenvalue weighted by atomic mass is 9.89. The summed E-state index contributed by atoms with van der Waals surface area (Å²) in [5.41, 5.74) is 8.99. The van der Waals surface area contributed by atoms with Crippen LogP contribution in [0.5, 0.6) is 5.75 Å². The average molecular weight is 490 g/mol. The van der Waals surface area contributed by atoms with Crippen LogP contribution in [-0.4, -0.2) is 36.5 Å². The van der Waals surface area contributed by atoms with Gasteiger partial charge in [-0.2, -0.15) is 0 Å². The van der Waals surface area contributed by atoms with E-state index in [4.69, 9.17) is 19.4 Å². The van der Waals surface area contributed by atoms with Crippen molar-refractivity contribution in [3.63, 3.8) is 0 Å². The highest BCUT2D eigenvalue weighted by atomic mass is 19.1. The first-order valence-electron chi connectivity index (χ1n) is 13.3. The minimum atomic E-state index is -0.489. The molecule has 190 valence electrons. The fourth-order valence-electron chi connectivity index (χ4n) is 5.67. The first-order valence-corrected chi connectivity index (χ1v) is 13.3. The smallest absolute Gasteiger partial charge is 0.148 e. The Morgan fingerprint density at radius 2 is 1.72 bits per heavy atom. The Balaban J connectivity index is 1.54. The van der Waals surface area contributed by atoms with Crippen LogP contribution in [0.1, 0.15) is 66.4 Å². The lowest BCUT2D eigenvalue weighted by Gasteiger charge is -2.25. The quantitative estimate of drug-likeness (QED) is 0.387. The van der Waals surface area contributed by atoms with Crippen molar-refractivity contribution in [3.05, 3.63) is 70.0 Å². The number of halogens is 1. The SMILES string of the molecule is CCc1nc(-c2cc3c(cc2OC)CCCC3)c(CC)nc1N[C@@H]1c2ccccc2C[C@@H]1OCCF. The van der Waals surface area contributed by atoms with Crippen LogP contribution in [0.2, 0.25) is 0 Å². The highest BCUT2D eigenvalue weighted by Crippen LogP contribution is 2.39. The molecule has 2 atom stereocenters. The summed E-state index contributed by atoms with van der Waals surface area (Å²) < 4.78 is 24.7. The number of nitrogens with one attached hydrogen (secondary N) is 1. The largest absolute Gasteiger partial charge is 0.496 e. The van der Waals surface area contributed by atoms with E-state index in [1.165, 1.54) is 35.1 Å². The van der Waals surface area contributed by atoms with E-state index in [0.29, 0.717) is 0 Å². The summed E-state index contributed by atoms with van der Waals surface area (Å²) in [6, 6.07) is 12.7. The molecule has 5 rings (SSSR count). The standard InChI is InChI=1S/C30H36FN3O2/c1-4-24-28(23-16-19-10-6-7-11-20(19)17-26(23)35-3)32-25(5-2)30(33-24)34-29-22-13-9-8-12-21(22)18-27(29)36-15-14-31/h8-9,12-13,16-17,27,29H,4-7,10-11,14-15,18H2,1-3H3,(H,33,34)/t27-,29+/m0/s1. The van der Waals surface area contributed by atoms with Gasteiger partial charge in [-0.15, -0.1) is 0 Å². The van der Waals surface area contributed by atoms with Gasteiger partial charge in [0, 0.05) is 12.0 Å². The maximum atomic E-state index is 12.9. The van der Waals surface area contributed by atoms with E-state index in [2.05, 4.69) is 43.4 Å². The van der Waals surface area contributed by atoms with Gasteiger partial charge in [-0.3, -0.25) is 0 Å². The molecule has 1 heterocycles. The number of aryl methyl sites for hydroxylation is 4. The van der Waals surface area contributed by atoms with Crippen LogP contribution >= 0.6 is 0 Å². The van der Waals surface area contributed by atoms with Gasteiger partial charge in [0.1, 0.15) is 18.2 Å². The van der Waals surface area contributed by atoms with E-state index in [1.54, 1.807) is 7.11 Å². The van der Waals surface area contributed by atoms with Gasteiger partial charge >= 0.3 is 0 Å². The normalized spacial score (nSPS) is 18.6. The third kappa shape index (κ3) is 4.71. The van der Waals surface area contributed by atoms with Gasteiger partial charge in [0.05, 0.1) is 42.9 Å². The molecule has 0 saturated carbocycles. The van der Waals surface area contributed by atoms with E-state index in [1.807, 2.05) is 12.1 Å². The fraction of sp³-hybridized carbons (Fsp3) is 0.467. The van der Waals surface area contributed by atoms with Crippen molar-refractivity contribution in [1.82, 2.24) is 9.97 Å². The molecule has 36 heavy (non-hydrogen) atoms. The van der Waals surface area contributed by atoms with Gasteiger partial charge in [0.25, 0.3) is 0 Å². The predicted molar refractivity (Wildman–Crippen MR) is 142 cm³/mol. The molecule has 0 aliphatic heterocycles. The summed E-state index contributed by atoms with van der Waals surface area (Å²) in [4.78, 5) is 10.3. The third-order valence-corrected chi connectivity index (χ3v) is 7.51. The summed E-state index contributed by atoms with van der Waals surface area (Å²) in [5, 5.41) is 3.66. The van der Waals surface area contributed by atoms with Gasteiger partial charge < -0.3 is 14.8 Å². The Morgan fingerprint density at radius 3 is 2.44 bits per heavy atom. The summed E-state index contributed by atoms with van der Waals surface area (Å²) in [6.45, 7) is 3.83. The lowest BCUT2D eigenvalue weighted by molar-refractivity contribution is 0.0393. The Labute approximate surface area is 213 Å². The first kappa shape index (κ1) is 24.7. The van der Waals surface area contributed by atoms with Gasteiger partial charge in [0.15, 0.2) is 0 Å². The number of benzene rings is 2. The second-order valence-electron chi connectivity index (χ2n) is 9.67. The van der Waals surface area contributed by atoms with Gasteiger partial charge in [-0.1, -0.05) is 38.1 Å². The Morgan fingerprint density at radius 1 is 0.972 bits per heavy atom. The minimum absolute atomic E-state index is 0.0961. The molecule has 6 heteroatoms. The third-order valence-electron chi connectivity index (χ3n) is 7.51. The molecule has 3 aromatic rings. The van der Waals surface area contributed by atoms with Crippen molar-refractivity contribution < 1.29 is 13.9 Å². The second kappa shape index (κ2) is 11.0. The summed E-state index contributed by atoms with van der Waals surface area (Å²) >= 11 is 0. The number of hydrogen-bond acceptors (Lipinski definition) is 5. The Kier molecular flexibility index (Phi) is 7.51. The van der Waals surface area contributed by atoms with Crippen LogP contribution in [0, 0.1) is 0 Å². The highest BCUT2D eigenvalue weighted by molar-refractivity contribution is 5.72. The van der Waals surface area contributed by atoms with Crippen LogP contribution in [0.25, 0.3) is 11.3 Å². The zero-order chi connectivity index (χ0) is 25.1. The van der Waals surface area contributed by atoms with Crippen LogP contribution in [0.15, 0.2) is 36.4 Å². The molecule has 0 radical (unpaired) electrons. The minimum Gasteiger partial charge on any atom is -0.496 e. The number of ether oxygens (including phenoxy) is 2. The molecule has 0 bridgehead atoms. The number of fused-ring (bicyclic) bond motifs is 2. The molecule has 0 amide bonds. The summed E-state index contributed by atoms with van der Waals surface area (Å²) in [5.74, 6) is 1.65. The number of alkyl halides is 1. The topological polar surface area (TPSA) is 56.3 Å². The number of hydrogen-bond donors (Lipinski definition) is 1. The summed E-state index contributed by atoms with van der Waals surface area (Å²) in [7, 11) is 1.73. The lowest BCUT2D eigenvalue weighted by Crippen LogP contribution is -2.27. The summed E-state index contributed by atoms with van der Waals surface area (Å²) in [6.07, 6.45) is 6.77. The van der Waals surface area contributed by atoms with Crippen LogP contribution in [0.4, 0.5) is 10.2 Å². The molecule has 0 saturated heterocycles. The molecule has 2 aromatic carbocycles. The fourth-order valence-corrected chi connectivity index (χ4v) is 5.67. The molecule has 2 aliphatic carbocycles. The van der Waals surface area contributed by atoms with Crippen molar-refractivity contribution in [1.29, 1.82) is 0 Å². The predicted octanol–water partition coefficient (Wildman–Crippen LogP) is 6.22. The van der Waals surface area contributed by atoms with Crippen molar-refractivity contribution in [2.24, 2.45) is 0 Å². The molecule has 5 nitrogen and oxygen atoms in total. The zero-order valence-corrected chi connectivity index (χ0v) is 21.6. The van der Waals surface area contributed by atoms with E-state index in [9.17, 15) is 4.39 Å². The number of methoxy groups -OCH3 is 1. The van der Waals surface area contributed by atoms with Gasteiger partial charge in [-0.25, -0.2) is 14.4 Å². The van der Waals surface area contributed by atoms with Crippen LogP contribution in [0.3, 0.4) is 0 Å². The van der Waals surface area contributed by atoms with Crippen molar-refractivity contribution in [2.45, 2.75) is 70.9 Å². The number of rotatable bonds is 9. The highest BCUT2D eigenvalue weighted by Gasteiger charge is 2.34. The van der Waals surface area contributed by atoms with Crippen molar-refractivity contribution in [2.75, 3.05) is 25.7 Å². The zero-order valence-electron chi connectivity index (χ0n) is 21.6. The maximum absolute atomic E-state index is 12.9. The van der Waals surface area contributed by atoms with Gasteiger partial charge in [-0.05, 0) is 72.9 Å². The van der Waals surface area contributed by atoms with Gasteiger partial charge in [0.2, 0.25) is 0 Å².